The fourth-order valence-electron chi connectivity index (χ4n) is 2.49. The van der Waals surface area contributed by atoms with Gasteiger partial charge in [-0.15, -0.1) is 0 Å². The van der Waals surface area contributed by atoms with Crippen LogP contribution in [0.3, 0.4) is 0 Å². The van der Waals surface area contributed by atoms with E-state index in [9.17, 15) is 4.79 Å². The second kappa shape index (κ2) is 14.3. The Hall–Kier alpha value is -0.353. The van der Waals surface area contributed by atoms with Crippen molar-refractivity contribution in [2.75, 3.05) is 13.7 Å². The van der Waals surface area contributed by atoms with Crippen LogP contribution in [0, 0.1) is 0 Å². The number of hydrogen-bond acceptors (Lipinski definition) is 2. The van der Waals surface area contributed by atoms with Crippen LogP contribution in [0.5, 0.6) is 0 Å². The Morgan fingerprint density at radius 1 is 0.909 bits per heavy atom. The summed E-state index contributed by atoms with van der Waals surface area (Å²) in [6.45, 7) is 7.58. The van der Waals surface area contributed by atoms with Crippen molar-refractivity contribution < 1.29 is 9.22 Å². The van der Waals surface area contributed by atoms with Crippen LogP contribution < -0.4 is 5.32 Å². The first-order chi connectivity index (χ1) is 10.5. The van der Waals surface area contributed by atoms with E-state index in [-0.39, 0.29) is 5.91 Å². The van der Waals surface area contributed by atoms with E-state index in [0.29, 0.717) is 6.42 Å². The summed E-state index contributed by atoms with van der Waals surface area (Å²) in [6.07, 6.45) is 13.2. The fraction of sp³-hybridized carbons (Fsp3) is 0.944. The van der Waals surface area contributed by atoms with Crippen molar-refractivity contribution in [2.45, 2.75) is 96.7 Å². The van der Waals surface area contributed by atoms with Crippen molar-refractivity contribution in [3.63, 3.8) is 0 Å². The van der Waals surface area contributed by atoms with E-state index in [2.05, 4.69) is 25.3 Å². The molecule has 0 saturated heterocycles. The van der Waals surface area contributed by atoms with Crippen LogP contribution in [0.1, 0.15) is 77.6 Å². The second-order valence-corrected chi connectivity index (χ2v) is 11.4. The molecule has 0 aliphatic heterocycles. The molecule has 0 aliphatic rings. The third kappa shape index (κ3) is 14.6. The van der Waals surface area contributed by atoms with Gasteiger partial charge >= 0.3 is 0 Å². The molecule has 0 saturated carbocycles. The van der Waals surface area contributed by atoms with E-state index in [1.54, 1.807) is 0 Å². The van der Waals surface area contributed by atoms with E-state index in [4.69, 9.17) is 4.43 Å². The van der Waals surface area contributed by atoms with E-state index in [1.165, 1.54) is 51.0 Å². The van der Waals surface area contributed by atoms with E-state index in [0.717, 1.165) is 25.8 Å². The Bertz CT molecular complexity index is 270. The molecular weight excluding hydrogens is 290 g/mol. The third-order valence-corrected chi connectivity index (χ3v) is 7.00. The molecule has 0 bridgehead atoms. The van der Waals surface area contributed by atoms with Gasteiger partial charge < -0.3 is 9.74 Å². The molecule has 0 rings (SSSR count). The Morgan fingerprint density at radius 2 is 1.45 bits per heavy atom. The molecule has 0 atom stereocenters. The van der Waals surface area contributed by atoms with Gasteiger partial charge in [0.05, 0.1) is 0 Å². The summed E-state index contributed by atoms with van der Waals surface area (Å²) >= 11 is 0. The summed E-state index contributed by atoms with van der Waals surface area (Å²) in [6, 6.07) is 1.29. The Kier molecular flexibility index (Phi) is 14.0. The fourth-order valence-corrected chi connectivity index (χ4v) is 3.80. The first-order valence-electron chi connectivity index (χ1n) is 9.33. The van der Waals surface area contributed by atoms with Crippen molar-refractivity contribution >= 4 is 14.2 Å². The molecule has 0 unspecified atom stereocenters. The summed E-state index contributed by atoms with van der Waals surface area (Å²) in [4.78, 5) is 11.5. The number of rotatable bonds is 15. The zero-order chi connectivity index (χ0) is 16.7. The molecule has 0 fully saturated rings. The van der Waals surface area contributed by atoms with Crippen molar-refractivity contribution in [1.29, 1.82) is 0 Å². The number of amides is 1. The SMILES string of the molecule is CCCCNC(=O)CCCCCCCCCC[Si](C)(C)OC. The molecule has 1 N–H and O–H groups in total. The smallest absolute Gasteiger partial charge is 0.219 e. The number of carbonyl (C=O) groups excluding carboxylic acids is 1. The molecule has 0 aromatic carbocycles. The van der Waals surface area contributed by atoms with Gasteiger partial charge in [0, 0.05) is 20.1 Å². The maximum absolute atomic E-state index is 11.5. The second-order valence-electron chi connectivity index (χ2n) is 7.00. The van der Waals surface area contributed by atoms with Crippen molar-refractivity contribution in [3.05, 3.63) is 0 Å². The van der Waals surface area contributed by atoms with Crippen LogP contribution in [-0.4, -0.2) is 27.9 Å². The van der Waals surface area contributed by atoms with Crippen LogP contribution >= 0.6 is 0 Å². The average Bonchev–Trinajstić information content (AvgIpc) is 2.49. The van der Waals surface area contributed by atoms with Crippen molar-refractivity contribution in [3.8, 4) is 0 Å². The quantitative estimate of drug-likeness (QED) is 0.328. The molecule has 0 radical (unpaired) electrons. The lowest BCUT2D eigenvalue weighted by atomic mass is 10.1. The number of unbranched alkanes of at least 4 members (excludes halogenated alkanes) is 8. The van der Waals surface area contributed by atoms with E-state index in [1.807, 2.05) is 7.11 Å². The van der Waals surface area contributed by atoms with Gasteiger partial charge in [0.2, 0.25) is 5.91 Å². The monoisotopic (exact) mass is 329 g/mol. The molecule has 132 valence electrons. The van der Waals surface area contributed by atoms with Crippen molar-refractivity contribution in [1.82, 2.24) is 5.32 Å². The highest BCUT2D eigenvalue weighted by Gasteiger charge is 2.18. The van der Waals surface area contributed by atoms with Gasteiger partial charge in [-0.1, -0.05) is 58.3 Å². The predicted octanol–water partition coefficient (Wildman–Crippen LogP) is 5.27. The number of carbonyl (C=O) groups is 1. The molecular formula is C18H39NO2Si. The predicted molar refractivity (Wildman–Crippen MR) is 98.8 cm³/mol. The Morgan fingerprint density at radius 3 is 2.00 bits per heavy atom. The largest absolute Gasteiger partial charge is 0.420 e. The molecule has 3 nitrogen and oxygen atoms in total. The lowest BCUT2D eigenvalue weighted by Crippen LogP contribution is -2.27. The standard InChI is InChI=1S/C18H39NO2Si/c1-5-6-16-19-18(20)15-13-11-9-7-8-10-12-14-17-22(3,4)21-2/h5-17H2,1-4H3,(H,19,20). The van der Waals surface area contributed by atoms with Gasteiger partial charge in [-0.05, 0) is 32.0 Å². The summed E-state index contributed by atoms with van der Waals surface area (Å²) in [7, 11) is 0.533. The first kappa shape index (κ1) is 21.6. The summed E-state index contributed by atoms with van der Waals surface area (Å²) in [5, 5.41) is 2.98. The first-order valence-corrected chi connectivity index (χ1v) is 12.4. The number of hydrogen-bond donors (Lipinski definition) is 1. The maximum atomic E-state index is 11.5. The number of nitrogens with one attached hydrogen (secondary N) is 1. The van der Waals surface area contributed by atoms with E-state index < -0.39 is 8.32 Å². The molecule has 1 amide bonds. The minimum atomic E-state index is -1.32. The lowest BCUT2D eigenvalue weighted by molar-refractivity contribution is -0.121. The van der Waals surface area contributed by atoms with Gasteiger partial charge in [0.1, 0.15) is 0 Å². The zero-order valence-corrected chi connectivity index (χ0v) is 16.5. The molecule has 0 aliphatic carbocycles. The summed E-state index contributed by atoms with van der Waals surface area (Å²) < 4.78 is 5.57. The van der Waals surface area contributed by atoms with E-state index >= 15 is 0 Å². The minimum absolute atomic E-state index is 0.235. The summed E-state index contributed by atoms with van der Waals surface area (Å²) in [5.41, 5.74) is 0. The molecule has 0 heterocycles. The lowest BCUT2D eigenvalue weighted by Gasteiger charge is -2.19. The minimum Gasteiger partial charge on any atom is -0.420 e. The highest BCUT2D eigenvalue weighted by Crippen LogP contribution is 2.16. The summed E-state index contributed by atoms with van der Waals surface area (Å²) in [5.74, 6) is 0.235. The molecule has 0 aromatic heterocycles. The highest BCUT2D eigenvalue weighted by atomic mass is 28.4. The van der Waals surface area contributed by atoms with Gasteiger partial charge in [-0.3, -0.25) is 4.79 Å². The molecule has 0 spiro atoms. The van der Waals surface area contributed by atoms with Crippen LogP contribution in [0.25, 0.3) is 0 Å². The van der Waals surface area contributed by atoms with Gasteiger partial charge in [0.25, 0.3) is 0 Å². The molecule has 22 heavy (non-hydrogen) atoms. The third-order valence-electron chi connectivity index (χ3n) is 4.34. The molecule has 0 aromatic rings. The van der Waals surface area contributed by atoms with Crippen LogP contribution in [-0.2, 0) is 9.22 Å². The van der Waals surface area contributed by atoms with Gasteiger partial charge in [0.15, 0.2) is 8.32 Å². The average molecular weight is 330 g/mol. The van der Waals surface area contributed by atoms with Gasteiger partial charge in [-0.2, -0.15) is 0 Å². The van der Waals surface area contributed by atoms with Gasteiger partial charge in [-0.25, -0.2) is 0 Å². The Balaban J connectivity index is 3.22. The highest BCUT2D eigenvalue weighted by molar-refractivity contribution is 6.71. The van der Waals surface area contributed by atoms with Crippen molar-refractivity contribution in [2.24, 2.45) is 0 Å². The van der Waals surface area contributed by atoms with Crippen LogP contribution in [0.4, 0.5) is 0 Å². The van der Waals surface area contributed by atoms with Crippen LogP contribution in [0.2, 0.25) is 19.1 Å². The maximum Gasteiger partial charge on any atom is 0.219 e. The molecule has 4 heteroatoms. The topological polar surface area (TPSA) is 38.3 Å². The Labute approximate surface area is 139 Å². The zero-order valence-electron chi connectivity index (χ0n) is 15.5. The van der Waals surface area contributed by atoms with Crippen LogP contribution in [0.15, 0.2) is 0 Å². The normalized spacial score (nSPS) is 11.6.